The monoisotopic (exact) mass is 284 g/mol. The molecular formula is C12H10ClFN2OS. The van der Waals surface area contributed by atoms with Crippen molar-refractivity contribution in [2.45, 2.75) is 6.42 Å². The van der Waals surface area contributed by atoms with E-state index in [0.717, 1.165) is 15.3 Å². The number of halogens is 2. The topological polar surface area (TPSA) is 42.0 Å². The van der Waals surface area contributed by atoms with Crippen molar-refractivity contribution < 1.29 is 9.18 Å². The average molecular weight is 285 g/mol. The van der Waals surface area contributed by atoms with Crippen molar-refractivity contribution >= 4 is 28.8 Å². The number of thiophene rings is 1. The lowest BCUT2D eigenvalue weighted by Crippen LogP contribution is -2.25. The van der Waals surface area contributed by atoms with E-state index in [1.54, 1.807) is 0 Å². The summed E-state index contributed by atoms with van der Waals surface area (Å²) >= 11 is 7.28. The first kappa shape index (κ1) is 13.0. The SMILES string of the molecule is O=C(NCCc1ccc(Cl)s1)c1ccnc(F)c1. The molecule has 2 heterocycles. The van der Waals surface area contributed by atoms with Crippen LogP contribution in [-0.2, 0) is 6.42 Å². The van der Waals surface area contributed by atoms with Gasteiger partial charge >= 0.3 is 0 Å². The molecule has 2 aromatic heterocycles. The van der Waals surface area contributed by atoms with Crippen LogP contribution in [-0.4, -0.2) is 17.4 Å². The molecule has 0 aliphatic heterocycles. The number of pyridine rings is 1. The van der Waals surface area contributed by atoms with Crippen LogP contribution in [0.2, 0.25) is 4.34 Å². The van der Waals surface area contributed by atoms with Crippen LogP contribution in [0, 0.1) is 5.95 Å². The van der Waals surface area contributed by atoms with Crippen LogP contribution in [0.3, 0.4) is 0 Å². The molecule has 0 saturated carbocycles. The average Bonchev–Trinajstić information content (AvgIpc) is 2.75. The number of nitrogens with zero attached hydrogens (tertiary/aromatic N) is 1. The molecule has 6 heteroatoms. The molecule has 0 fully saturated rings. The largest absolute Gasteiger partial charge is 0.352 e. The number of carbonyl (C=O) groups excluding carboxylic acids is 1. The second kappa shape index (κ2) is 5.93. The van der Waals surface area contributed by atoms with Gasteiger partial charge in [0.15, 0.2) is 0 Å². The highest BCUT2D eigenvalue weighted by Crippen LogP contribution is 2.21. The van der Waals surface area contributed by atoms with Gasteiger partial charge < -0.3 is 5.32 Å². The predicted molar refractivity (Wildman–Crippen MR) is 69.6 cm³/mol. The van der Waals surface area contributed by atoms with Gasteiger partial charge in [-0.15, -0.1) is 11.3 Å². The molecule has 0 aliphatic carbocycles. The molecule has 0 saturated heterocycles. The minimum absolute atomic E-state index is 0.270. The van der Waals surface area contributed by atoms with E-state index in [1.807, 2.05) is 12.1 Å². The molecule has 18 heavy (non-hydrogen) atoms. The minimum Gasteiger partial charge on any atom is -0.352 e. The fourth-order valence-electron chi connectivity index (χ4n) is 1.43. The van der Waals surface area contributed by atoms with E-state index >= 15 is 0 Å². The Morgan fingerprint density at radius 2 is 2.28 bits per heavy atom. The number of aromatic nitrogens is 1. The lowest BCUT2D eigenvalue weighted by molar-refractivity contribution is 0.0953. The van der Waals surface area contributed by atoms with Gasteiger partial charge in [0, 0.05) is 29.2 Å². The zero-order valence-corrected chi connectivity index (χ0v) is 10.9. The van der Waals surface area contributed by atoms with Gasteiger partial charge in [0.2, 0.25) is 5.95 Å². The van der Waals surface area contributed by atoms with Gasteiger partial charge in [0.25, 0.3) is 5.91 Å². The molecule has 0 aliphatic rings. The van der Waals surface area contributed by atoms with Crippen LogP contribution >= 0.6 is 22.9 Å². The van der Waals surface area contributed by atoms with Crippen molar-refractivity contribution in [2.24, 2.45) is 0 Å². The molecule has 2 aromatic rings. The van der Waals surface area contributed by atoms with Crippen LogP contribution in [0.25, 0.3) is 0 Å². The Kier molecular flexibility index (Phi) is 4.28. The van der Waals surface area contributed by atoms with Crippen LogP contribution in [0.4, 0.5) is 4.39 Å². The summed E-state index contributed by atoms with van der Waals surface area (Å²) in [6.07, 6.45) is 1.97. The fourth-order valence-corrected chi connectivity index (χ4v) is 2.52. The van der Waals surface area contributed by atoms with Crippen molar-refractivity contribution in [3.8, 4) is 0 Å². The molecule has 2 rings (SSSR count). The molecule has 3 nitrogen and oxygen atoms in total. The van der Waals surface area contributed by atoms with Crippen molar-refractivity contribution in [1.82, 2.24) is 10.3 Å². The Balaban J connectivity index is 1.85. The first-order chi connectivity index (χ1) is 8.65. The van der Waals surface area contributed by atoms with Crippen molar-refractivity contribution in [2.75, 3.05) is 6.54 Å². The highest BCUT2D eigenvalue weighted by Gasteiger charge is 2.06. The molecule has 94 valence electrons. The summed E-state index contributed by atoms with van der Waals surface area (Å²) in [6.45, 7) is 0.486. The third-order valence-corrected chi connectivity index (χ3v) is 3.57. The van der Waals surface area contributed by atoms with E-state index in [0.29, 0.717) is 13.0 Å². The number of carbonyl (C=O) groups is 1. The lowest BCUT2D eigenvalue weighted by atomic mass is 10.2. The number of hydrogen-bond donors (Lipinski definition) is 1. The molecule has 0 aromatic carbocycles. The molecule has 0 atom stereocenters. The molecule has 0 unspecified atom stereocenters. The summed E-state index contributed by atoms with van der Waals surface area (Å²) in [5.41, 5.74) is 0.270. The van der Waals surface area contributed by atoms with Crippen LogP contribution in [0.15, 0.2) is 30.5 Å². The smallest absolute Gasteiger partial charge is 0.251 e. The fraction of sp³-hybridized carbons (Fsp3) is 0.167. The number of nitrogens with one attached hydrogen (secondary N) is 1. The van der Waals surface area contributed by atoms with Gasteiger partial charge in [-0.25, -0.2) is 4.98 Å². The maximum Gasteiger partial charge on any atom is 0.251 e. The maximum absolute atomic E-state index is 12.8. The van der Waals surface area contributed by atoms with E-state index < -0.39 is 5.95 Å². The molecule has 0 bridgehead atoms. The summed E-state index contributed by atoms with van der Waals surface area (Å²) < 4.78 is 13.5. The van der Waals surface area contributed by atoms with Gasteiger partial charge in [-0.2, -0.15) is 4.39 Å². The third-order valence-electron chi connectivity index (χ3n) is 2.27. The van der Waals surface area contributed by atoms with Gasteiger partial charge in [-0.3, -0.25) is 4.79 Å². The molecule has 0 spiro atoms. The van der Waals surface area contributed by atoms with E-state index in [9.17, 15) is 9.18 Å². The predicted octanol–water partition coefficient (Wildman–Crippen LogP) is 2.91. The summed E-state index contributed by atoms with van der Waals surface area (Å²) in [4.78, 5) is 16.2. The first-order valence-corrected chi connectivity index (χ1v) is 6.48. The molecule has 1 N–H and O–H groups in total. The Morgan fingerprint density at radius 3 is 2.94 bits per heavy atom. The number of hydrogen-bond acceptors (Lipinski definition) is 3. The minimum atomic E-state index is -0.660. The summed E-state index contributed by atoms with van der Waals surface area (Å²) in [6, 6.07) is 6.32. The molecule has 1 amide bonds. The first-order valence-electron chi connectivity index (χ1n) is 5.29. The maximum atomic E-state index is 12.8. The second-order valence-corrected chi connectivity index (χ2v) is 5.38. The standard InChI is InChI=1S/C12H10ClFN2OS/c13-10-2-1-9(18-10)4-6-16-12(17)8-3-5-15-11(14)7-8/h1-3,5,7H,4,6H2,(H,16,17). The normalized spacial score (nSPS) is 10.3. The lowest BCUT2D eigenvalue weighted by Gasteiger charge is -2.03. The molecular weight excluding hydrogens is 275 g/mol. The Hall–Kier alpha value is -1.46. The van der Waals surface area contributed by atoms with E-state index in [1.165, 1.54) is 23.6 Å². The van der Waals surface area contributed by atoms with Crippen LogP contribution < -0.4 is 5.32 Å². The van der Waals surface area contributed by atoms with Crippen LogP contribution in [0.5, 0.6) is 0 Å². The van der Waals surface area contributed by atoms with Crippen molar-refractivity contribution in [3.63, 3.8) is 0 Å². The summed E-state index contributed by atoms with van der Waals surface area (Å²) in [7, 11) is 0. The van der Waals surface area contributed by atoms with E-state index in [-0.39, 0.29) is 11.5 Å². The van der Waals surface area contributed by atoms with Gasteiger partial charge in [0.05, 0.1) is 4.34 Å². The zero-order valence-electron chi connectivity index (χ0n) is 9.32. The van der Waals surface area contributed by atoms with Crippen molar-refractivity contribution in [1.29, 1.82) is 0 Å². The second-order valence-electron chi connectivity index (χ2n) is 3.58. The third kappa shape index (κ3) is 3.51. The van der Waals surface area contributed by atoms with E-state index in [4.69, 9.17) is 11.6 Å². The van der Waals surface area contributed by atoms with Gasteiger partial charge in [0.1, 0.15) is 0 Å². The quantitative estimate of drug-likeness (QED) is 0.877. The van der Waals surface area contributed by atoms with E-state index in [2.05, 4.69) is 10.3 Å². The van der Waals surface area contributed by atoms with Crippen LogP contribution in [0.1, 0.15) is 15.2 Å². The Bertz CT molecular complexity index is 559. The number of amides is 1. The van der Waals surface area contributed by atoms with Gasteiger partial charge in [-0.05, 0) is 24.6 Å². The zero-order chi connectivity index (χ0) is 13.0. The van der Waals surface area contributed by atoms with Crippen molar-refractivity contribution in [3.05, 3.63) is 51.2 Å². The highest BCUT2D eigenvalue weighted by molar-refractivity contribution is 7.16. The highest BCUT2D eigenvalue weighted by atomic mass is 35.5. The van der Waals surface area contributed by atoms with Gasteiger partial charge in [-0.1, -0.05) is 11.6 Å². The Morgan fingerprint density at radius 1 is 1.44 bits per heavy atom. The summed E-state index contributed by atoms with van der Waals surface area (Å²) in [5, 5.41) is 2.71. The Labute approximate surface area is 113 Å². The summed E-state index contributed by atoms with van der Waals surface area (Å²) in [5.74, 6) is -0.966. The number of rotatable bonds is 4. The molecule has 0 radical (unpaired) electrons.